The first-order chi connectivity index (χ1) is 13.7. The van der Waals surface area contributed by atoms with Crippen LogP contribution in [0.25, 0.3) is 0 Å². The average molecular weight is 374 g/mol. The van der Waals surface area contributed by atoms with Gasteiger partial charge in [-0.25, -0.2) is 5.43 Å². The van der Waals surface area contributed by atoms with Crippen molar-refractivity contribution in [2.24, 2.45) is 5.10 Å². The first-order valence-electron chi connectivity index (χ1n) is 9.02. The highest BCUT2D eigenvalue weighted by atomic mass is 16.5. The second-order valence-corrected chi connectivity index (χ2v) is 6.15. The molecule has 0 bridgehead atoms. The van der Waals surface area contributed by atoms with E-state index in [0.717, 1.165) is 16.9 Å². The molecule has 0 aromatic heterocycles. The van der Waals surface area contributed by atoms with E-state index in [2.05, 4.69) is 10.5 Å². The minimum absolute atomic E-state index is 0.323. The van der Waals surface area contributed by atoms with E-state index in [-0.39, 0.29) is 5.91 Å². The lowest BCUT2D eigenvalue weighted by Crippen LogP contribution is -2.33. The number of nitrogens with zero attached hydrogens (tertiary/aromatic N) is 1. The first-order valence-corrected chi connectivity index (χ1v) is 9.02. The Kier molecular flexibility index (Phi) is 6.79. The van der Waals surface area contributed by atoms with Gasteiger partial charge in [-0.3, -0.25) is 4.79 Å². The molecule has 1 N–H and O–H groups in total. The Bertz CT molecular complexity index is 894. The molecule has 5 heteroatoms. The van der Waals surface area contributed by atoms with E-state index in [1.807, 2.05) is 72.8 Å². The maximum absolute atomic E-state index is 12.1. The van der Waals surface area contributed by atoms with Crippen molar-refractivity contribution in [1.82, 2.24) is 5.43 Å². The Hall–Kier alpha value is -3.60. The second-order valence-electron chi connectivity index (χ2n) is 6.15. The normalized spacial score (nSPS) is 11.8. The Balaban J connectivity index is 1.46. The molecule has 0 aliphatic rings. The van der Waals surface area contributed by atoms with Crippen LogP contribution in [0.2, 0.25) is 0 Å². The van der Waals surface area contributed by atoms with Crippen molar-refractivity contribution < 1.29 is 14.3 Å². The molecule has 5 nitrogen and oxygen atoms in total. The smallest absolute Gasteiger partial charge is 0.280 e. The van der Waals surface area contributed by atoms with Crippen LogP contribution in [0.3, 0.4) is 0 Å². The van der Waals surface area contributed by atoms with E-state index in [1.54, 1.807) is 25.3 Å². The quantitative estimate of drug-likeness (QED) is 0.475. The summed E-state index contributed by atoms with van der Waals surface area (Å²) >= 11 is 0. The van der Waals surface area contributed by atoms with Gasteiger partial charge < -0.3 is 9.47 Å². The van der Waals surface area contributed by atoms with E-state index >= 15 is 0 Å². The molecular weight excluding hydrogens is 352 g/mol. The summed E-state index contributed by atoms with van der Waals surface area (Å²) in [6, 6.07) is 26.7. The minimum atomic E-state index is -0.677. The van der Waals surface area contributed by atoms with Crippen molar-refractivity contribution in [2.45, 2.75) is 19.6 Å². The summed E-state index contributed by atoms with van der Waals surface area (Å²) in [4.78, 5) is 12.1. The van der Waals surface area contributed by atoms with Crippen LogP contribution in [0.1, 0.15) is 18.1 Å². The van der Waals surface area contributed by atoms with Crippen LogP contribution < -0.4 is 14.9 Å². The van der Waals surface area contributed by atoms with Crippen LogP contribution in [0, 0.1) is 0 Å². The molecule has 142 valence electrons. The van der Waals surface area contributed by atoms with E-state index in [0.29, 0.717) is 12.4 Å². The molecule has 1 atom stereocenters. The van der Waals surface area contributed by atoms with E-state index < -0.39 is 6.10 Å². The van der Waals surface area contributed by atoms with Crippen molar-refractivity contribution >= 4 is 12.1 Å². The summed E-state index contributed by atoms with van der Waals surface area (Å²) in [5.74, 6) is 0.999. The number of amides is 1. The average Bonchev–Trinajstić information content (AvgIpc) is 2.74. The van der Waals surface area contributed by atoms with Crippen LogP contribution in [-0.2, 0) is 11.4 Å². The highest BCUT2D eigenvalue weighted by Gasteiger charge is 2.13. The number of benzene rings is 3. The van der Waals surface area contributed by atoms with Crippen LogP contribution >= 0.6 is 0 Å². The summed E-state index contributed by atoms with van der Waals surface area (Å²) in [5, 5.41) is 3.95. The molecule has 3 aromatic carbocycles. The molecule has 3 aromatic rings. The molecule has 0 spiro atoms. The number of nitrogens with one attached hydrogen (secondary N) is 1. The van der Waals surface area contributed by atoms with Crippen LogP contribution in [0.5, 0.6) is 11.5 Å². The zero-order valence-electron chi connectivity index (χ0n) is 15.6. The lowest BCUT2D eigenvalue weighted by atomic mass is 10.2. The molecule has 0 fully saturated rings. The fourth-order valence-corrected chi connectivity index (χ4v) is 2.41. The lowest BCUT2D eigenvalue weighted by Gasteiger charge is -2.13. The van der Waals surface area contributed by atoms with Gasteiger partial charge >= 0.3 is 0 Å². The lowest BCUT2D eigenvalue weighted by molar-refractivity contribution is -0.127. The number of carbonyl (C=O) groups is 1. The molecule has 0 radical (unpaired) electrons. The monoisotopic (exact) mass is 374 g/mol. The van der Waals surface area contributed by atoms with E-state index in [4.69, 9.17) is 9.47 Å². The maximum atomic E-state index is 12.1. The van der Waals surface area contributed by atoms with Crippen molar-refractivity contribution in [2.75, 3.05) is 0 Å². The third-order valence-corrected chi connectivity index (χ3v) is 3.94. The molecule has 0 saturated carbocycles. The van der Waals surface area contributed by atoms with Crippen LogP contribution in [-0.4, -0.2) is 18.2 Å². The fourth-order valence-electron chi connectivity index (χ4n) is 2.41. The van der Waals surface area contributed by atoms with Gasteiger partial charge in [0.25, 0.3) is 5.91 Å². The largest absolute Gasteiger partial charge is 0.489 e. The summed E-state index contributed by atoms with van der Waals surface area (Å²) in [7, 11) is 0. The highest BCUT2D eigenvalue weighted by Crippen LogP contribution is 2.19. The van der Waals surface area contributed by atoms with Gasteiger partial charge in [0.2, 0.25) is 0 Å². The molecule has 0 aliphatic heterocycles. The second kappa shape index (κ2) is 9.92. The van der Waals surface area contributed by atoms with E-state index in [9.17, 15) is 4.79 Å². The number of hydrazone groups is 1. The maximum Gasteiger partial charge on any atom is 0.280 e. The SMILES string of the molecule is C[C@H](Oc1ccc(OCc2ccccc2)cc1)C(=O)NN=Cc1ccccc1. The Morgan fingerprint density at radius 1 is 0.929 bits per heavy atom. The molecule has 0 saturated heterocycles. The third-order valence-electron chi connectivity index (χ3n) is 3.94. The number of hydrogen-bond donors (Lipinski definition) is 1. The van der Waals surface area contributed by atoms with Crippen molar-refractivity contribution in [3.63, 3.8) is 0 Å². The zero-order valence-corrected chi connectivity index (χ0v) is 15.6. The predicted octanol–water partition coefficient (Wildman–Crippen LogP) is 4.18. The molecule has 3 rings (SSSR count). The Labute approximate surface area is 164 Å². The molecule has 28 heavy (non-hydrogen) atoms. The molecule has 0 heterocycles. The topological polar surface area (TPSA) is 59.9 Å². The summed E-state index contributed by atoms with van der Waals surface area (Å²) in [5.41, 5.74) is 4.49. The van der Waals surface area contributed by atoms with Crippen LogP contribution in [0.4, 0.5) is 0 Å². The summed E-state index contributed by atoms with van der Waals surface area (Å²) < 4.78 is 11.4. The number of rotatable bonds is 8. The predicted molar refractivity (Wildman–Crippen MR) is 109 cm³/mol. The molecular formula is C23H22N2O3. The third kappa shape index (κ3) is 5.99. The van der Waals surface area contributed by atoms with Crippen molar-refractivity contribution in [3.8, 4) is 11.5 Å². The van der Waals surface area contributed by atoms with Gasteiger partial charge in [-0.15, -0.1) is 0 Å². The number of carbonyl (C=O) groups excluding carboxylic acids is 1. The number of hydrogen-bond acceptors (Lipinski definition) is 4. The number of ether oxygens (including phenoxy) is 2. The standard InChI is InChI=1S/C23H22N2O3/c1-18(23(26)25-24-16-19-8-4-2-5-9-19)28-22-14-12-21(13-15-22)27-17-20-10-6-3-7-11-20/h2-16,18H,17H2,1H3,(H,25,26)/t18-/m0/s1. The molecule has 0 unspecified atom stereocenters. The Morgan fingerprint density at radius 2 is 1.54 bits per heavy atom. The zero-order chi connectivity index (χ0) is 19.6. The van der Waals surface area contributed by atoms with Crippen molar-refractivity contribution in [3.05, 3.63) is 96.1 Å². The molecule has 1 amide bonds. The summed E-state index contributed by atoms with van der Waals surface area (Å²) in [6.07, 6.45) is 0.910. The Morgan fingerprint density at radius 3 is 2.21 bits per heavy atom. The fraction of sp³-hybridized carbons (Fsp3) is 0.130. The van der Waals surface area contributed by atoms with E-state index in [1.165, 1.54) is 0 Å². The molecule has 0 aliphatic carbocycles. The minimum Gasteiger partial charge on any atom is -0.489 e. The van der Waals surface area contributed by atoms with Crippen molar-refractivity contribution in [1.29, 1.82) is 0 Å². The van der Waals surface area contributed by atoms with Gasteiger partial charge in [-0.1, -0.05) is 60.7 Å². The van der Waals surface area contributed by atoms with Gasteiger partial charge in [0.05, 0.1) is 6.21 Å². The summed E-state index contributed by atoms with van der Waals surface area (Å²) in [6.45, 7) is 2.17. The van der Waals surface area contributed by atoms with Gasteiger partial charge in [-0.05, 0) is 42.3 Å². The van der Waals surface area contributed by atoms with Gasteiger partial charge in [-0.2, -0.15) is 5.10 Å². The van der Waals surface area contributed by atoms with Gasteiger partial charge in [0, 0.05) is 0 Å². The highest BCUT2D eigenvalue weighted by molar-refractivity contribution is 5.84. The first kappa shape index (κ1) is 19.2. The van der Waals surface area contributed by atoms with Crippen LogP contribution in [0.15, 0.2) is 90.0 Å². The van der Waals surface area contributed by atoms with Gasteiger partial charge in [0.1, 0.15) is 18.1 Å². The van der Waals surface area contributed by atoms with Gasteiger partial charge in [0.15, 0.2) is 6.10 Å².